The van der Waals surface area contributed by atoms with E-state index >= 15 is 0 Å². The summed E-state index contributed by atoms with van der Waals surface area (Å²) in [6.45, 7) is 12.3. The molecule has 0 radical (unpaired) electrons. The van der Waals surface area contributed by atoms with Gasteiger partial charge in [0.2, 0.25) is 0 Å². The van der Waals surface area contributed by atoms with Crippen LogP contribution in [0.4, 0.5) is 0 Å². The van der Waals surface area contributed by atoms with E-state index in [2.05, 4.69) is 38.0 Å². The zero-order valence-corrected chi connectivity index (χ0v) is 12.3. The van der Waals surface area contributed by atoms with Crippen molar-refractivity contribution in [1.82, 2.24) is 10.3 Å². The summed E-state index contributed by atoms with van der Waals surface area (Å²) < 4.78 is 5.79. The molecule has 0 aromatic carbocycles. The summed E-state index contributed by atoms with van der Waals surface area (Å²) in [7, 11) is 0. The molecule has 1 rings (SSSR count). The van der Waals surface area contributed by atoms with Gasteiger partial charge in [-0.1, -0.05) is 20.8 Å². The fourth-order valence-corrected chi connectivity index (χ4v) is 1.67. The number of hydrogen-bond acceptors (Lipinski definition) is 3. The van der Waals surface area contributed by atoms with Gasteiger partial charge in [-0.25, -0.2) is 0 Å². The van der Waals surface area contributed by atoms with Gasteiger partial charge in [0.05, 0.1) is 5.69 Å². The Kier molecular flexibility index (Phi) is 6.13. The van der Waals surface area contributed by atoms with Crippen molar-refractivity contribution in [1.29, 1.82) is 0 Å². The molecule has 1 aromatic heterocycles. The number of nitrogens with zero attached hydrogens (tertiary/aromatic N) is 1. The molecule has 0 saturated carbocycles. The van der Waals surface area contributed by atoms with E-state index in [0.29, 0.717) is 18.6 Å². The second-order valence-corrected chi connectivity index (χ2v) is 5.09. The summed E-state index contributed by atoms with van der Waals surface area (Å²) in [6.07, 6.45) is 0.910. The van der Waals surface area contributed by atoms with Crippen molar-refractivity contribution >= 4 is 0 Å². The van der Waals surface area contributed by atoms with Crippen LogP contribution in [0.2, 0.25) is 0 Å². The Morgan fingerprint density at radius 1 is 1.28 bits per heavy atom. The molecule has 0 bridgehead atoms. The van der Waals surface area contributed by atoms with Gasteiger partial charge in [0.15, 0.2) is 0 Å². The van der Waals surface area contributed by atoms with Crippen molar-refractivity contribution in [3.8, 4) is 5.75 Å². The van der Waals surface area contributed by atoms with Crippen molar-refractivity contribution in [2.24, 2.45) is 5.92 Å². The average Bonchev–Trinajstić information content (AvgIpc) is 2.35. The summed E-state index contributed by atoms with van der Waals surface area (Å²) in [4.78, 5) is 4.49. The highest BCUT2D eigenvalue weighted by Crippen LogP contribution is 2.17. The van der Waals surface area contributed by atoms with E-state index < -0.39 is 0 Å². The van der Waals surface area contributed by atoms with Gasteiger partial charge < -0.3 is 10.1 Å². The van der Waals surface area contributed by atoms with Gasteiger partial charge >= 0.3 is 0 Å². The molecule has 1 N–H and O–H groups in total. The standard InChI is InChI=1S/C15H26N2O/c1-6-14-15(8-7-12(4)17-14)18-10-9-16-13(5)11(2)3/h7-8,11,13,16H,6,9-10H2,1-5H3. The van der Waals surface area contributed by atoms with Crippen LogP contribution in [0.25, 0.3) is 0 Å². The molecule has 0 aliphatic rings. The van der Waals surface area contributed by atoms with Crippen LogP contribution in [0.5, 0.6) is 5.75 Å². The highest BCUT2D eigenvalue weighted by atomic mass is 16.5. The Balaban J connectivity index is 2.40. The molecule has 0 spiro atoms. The molecule has 18 heavy (non-hydrogen) atoms. The monoisotopic (exact) mass is 250 g/mol. The number of rotatable bonds is 7. The lowest BCUT2D eigenvalue weighted by molar-refractivity contribution is 0.293. The molecule has 1 aromatic rings. The maximum Gasteiger partial charge on any atom is 0.140 e. The molecule has 102 valence electrons. The number of hydrogen-bond donors (Lipinski definition) is 1. The number of aryl methyl sites for hydroxylation is 2. The number of ether oxygens (including phenoxy) is 1. The molecule has 0 fully saturated rings. The van der Waals surface area contributed by atoms with Gasteiger partial charge in [0.25, 0.3) is 0 Å². The van der Waals surface area contributed by atoms with E-state index in [1.807, 2.05) is 19.1 Å². The predicted octanol–water partition coefficient (Wildman–Crippen LogP) is 2.97. The maximum absolute atomic E-state index is 5.79. The lowest BCUT2D eigenvalue weighted by Gasteiger charge is -2.18. The quantitative estimate of drug-likeness (QED) is 0.755. The first kappa shape index (κ1) is 15.0. The van der Waals surface area contributed by atoms with Gasteiger partial charge in [-0.3, -0.25) is 4.98 Å². The summed E-state index contributed by atoms with van der Waals surface area (Å²) in [5.74, 6) is 1.57. The molecule has 3 nitrogen and oxygen atoms in total. The minimum atomic E-state index is 0.524. The molecule has 0 amide bonds. The Morgan fingerprint density at radius 3 is 2.61 bits per heavy atom. The Bertz CT molecular complexity index is 364. The summed E-state index contributed by atoms with van der Waals surface area (Å²) in [5, 5.41) is 3.46. The van der Waals surface area contributed by atoms with Gasteiger partial charge in [-0.15, -0.1) is 0 Å². The third-order valence-electron chi connectivity index (χ3n) is 3.23. The van der Waals surface area contributed by atoms with Crippen molar-refractivity contribution in [3.63, 3.8) is 0 Å². The zero-order valence-electron chi connectivity index (χ0n) is 12.3. The van der Waals surface area contributed by atoms with E-state index in [1.54, 1.807) is 0 Å². The first-order valence-electron chi connectivity index (χ1n) is 6.87. The Hall–Kier alpha value is -1.09. The van der Waals surface area contributed by atoms with Crippen LogP contribution in [0.3, 0.4) is 0 Å². The number of nitrogens with one attached hydrogen (secondary N) is 1. The molecule has 3 heteroatoms. The van der Waals surface area contributed by atoms with Gasteiger partial charge in [-0.05, 0) is 38.3 Å². The maximum atomic E-state index is 5.79. The molecular formula is C15H26N2O. The Morgan fingerprint density at radius 2 is 2.00 bits per heavy atom. The van der Waals surface area contributed by atoms with Crippen molar-refractivity contribution < 1.29 is 4.74 Å². The first-order chi connectivity index (χ1) is 8.54. The largest absolute Gasteiger partial charge is 0.490 e. The van der Waals surface area contributed by atoms with Crippen molar-refractivity contribution in [2.45, 2.75) is 47.1 Å². The van der Waals surface area contributed by atoms with Gasteiger partial charge in [0.1, 0.15) is 12.4 Å². The summed E-state index contributed by atoms with van der Waals surface area (Å²) >= 11 is 0. The van der Waals surface area contributed by atoms with Crippen LogP contribution in [0.15, 0.2) is 12.1 Å². The predicted molar refractivity (Wildman–Crippen MR) is 76.1 cm³/mol. The second kappa shape index (κ2) is 7.37. The summed E-state index contributed by atoms with van der Waals surface area (Å²) in [6, 6.07) is 4.54. The average molecular weight is 250 g/mol. The highest BCUT2D eigenvalue weighted by molar-refractivity contribution is 5.29. The van der Waals surface area contributed by atoms with Gasteiger partial charge in [-0.2, -0.15) is 0 Å². The van der Waals surface area contributed by atoms with E-state index in [9.17, 15) is 0 Å². The van der Waals surface area contributed by atoms with Crippen LogP contribution in [0, 0.1) is 12.8 Å². The topological polar surface area (TPSA) is 34.1 Å². The molecule has 1 heterocycles. The third kappa shape index (κ3) is 4.65. The highest BCUT2D eigenvalue weighted by Gasteiger charge is 2.06. The fourth-order valence-electron chi connectivity index (χ4n) is 1.67. The normalized spacial score (nSPS) is 12.8. The van der Waals surface area contributed by atoms with Crippen LogP contribution in [-0.2, 0) is 6.42 Å². The number of aromatic nitrogens is 1. The van der Waals surface area contributed by atoms with Crippen LogP contribution in [0.1, 0.15) is 39.1 Å². The third-order valence-corrected chi connectivity index (χ3v) is 3.23. The SMILES string of the molecule is CCc1nc(C)ccc1OCCNC(C)C(C)C. The molecule has 0 aliphatic heterocycles. The van der Waals surface area contributed by atoms with Crippen LogP contribution < -0.4 is 10.1 Å². The van der Waals surface area contributed by atoms with Crippen LogP contribution >= 0.6 is 0 Å². The lowest BCUT2D eigenvalue weighted by Crippen LogP contribution is -2.34. The molecule has 1 unspecified atom stereocenters. The minimum absolute atomic E-state index is 0.524. The smallest absolute Gasteiger partial charge is 0.140 e. The van der Waals surface area contributed by atoms with E-state index in [-0.39, 0.29) is 0 Å². The molecule has 1 atom stereocenters. The fraction of sp³-hybridized carbons (Fsp3) is 0.667. The molecule has 0 saturated heterocycles. The molecule has 0 aliphatic carbocycles. The van der Waals surface area contributed by atoms with Crippen molar-refractivity contribution in [3.05, 3.63) is 23.5 Å². The van der Waals surface area contributed by atoms with E-state index in [4.69, 9.17) is 4.74 Å². The first-order valence-corrected chi connectivity index (χ1v) is 6.87. The van der Waals surface area contributed by atoms with Gasteiger partial charge in [0, 0.05) is 18.3 Å². The molecular weight excluding hydrogens is 224 g/mol. The van der Waals surface area contributed by atoms with Crippen molar-refractivity contribution in [2.75, 3.05) is 13.2 Å². The zero-order chi connectivity index (χ0) is 13.5. The van der Waals surface area contributed by atoms with Crippen LogP contribution in [-0.4, -0.2) is 24.2 Å². The minimum Gasteiger partial charge on any atom is -0.490 e. The lowest BCUT2D eigenvalue weighted by atomic mass is 10.1. The van der Waals surface area contributed by atoms with E-state index in [1.165, 1.54) is 0 Å². The number of pyridine rings is 1. The summed E-state index contributed by atoms with van der Waals surface area (Å²) in [5.41, 5.74) is 2.10. The Labute approximate surface area is 111 Å². The second-order valence-electron chi connectivity index (χ2n) is 5.09. The van der Waals surface area contributed by atoms with E-state index in [0.717, 1.165) is 30.1 Å².